The number of rotatable bonds is 7. The summed E-state index contributed by atoms with van der Waals surface area (Å²) in [5, 5.41) is 5.41. The van der Waals surface area contributed by atoms with Crippen molar-refractivity contribution in [1.82, 2.24) is 9.62 Å². The number of nitrogens with zero attached hydrogens (tertiary/aromatic N) is 1. The molecule has 6 heteroatoms. The minimum absolute atomic E-state index is 0.236. The van der Waals surface area contributed by atoms with Crippen molar-refractivity contribution in [3.63, 3.8) is 0 Å². The summed E-state index contributed by atoms with van der Waals surface area (Å²) in [5.41, 5.74) is 0. The molecule has 126 valence electrons. The SMILES string of the molecule is CC(C)N[C@H](CN(C)S(=O)(=O)c1cccs1)C1CCCCC1. The zero-order valence-corrected chi connectivity index (χ0v) is 15.4. The van der Waals surface area contributed by atoms with Crippen molar-refractivity contribution in [2.75, 3.05) is 13.6 Å². The number of thiophene rings is 1. The second-order valence-electron chi connectivity index (χ2n) is 6.54. The predicted octanol–water partition coefficient (Wildman–Crippen LogP) is 3.32. The van der Waals surface area contributed by atoms with E-state index in [1.807, 2.05) is 5.38 Å². The largest absolute Gasteiger partial charge is 0.310 e. The number of likely N-dealkylation sites (N-methyl/N-ethyl adjacent to an activating group) is 1. The van der Waals surface area contributed by atoms with Crippen LogP contribution in [0.2, 0.25) is 0 Å². The third-order valence-electron chi connectivity index (χ3n) is 4.38. The van der Waals surface area contributed by atoms with Crippen LogP contribution in [0, 0.1) is 5.92 Å². The molecule has 0 spiro atoms. The average Bonchev–Trinajstić information content (AvgIpc) is 3.02. The van der Waals surface area contributed by atoms with Crippen molar-refractivity contribution in [2.45, 2.75) is 62.2 Å². The Kier molecular flexibility index (Phi) is 6.44. The van der Waals surface area contributed by atoms with Gasteiger partial charge in [0, 0.05) is 25.7 Å². The fourth-order valence-corrected chi connectivity index (χ4v) is 5.64. The van der Waals surface area contributed by atoms with Crippen LogP contribution in [0.3, 0.4) is 0 Å². The lowest BCUT2D eigenvalue weighted by molar-refractivity contribution is 0.232. The lowest BCUT2D eigenvalue weighted by atomic mass is 9.83. The molecule has 1 saturated carbocycles. The van der Waals surface area contributed by atoms with Crippen LogP contribution in [0.25, 0.3) is 0 Å². The molecule has 1 aliphatic rings. The third-order valence-corrected chi connectivity index (χ3v) is 7.58. The Balaban J connectivity index is 2.08. The molecule has 1 atom stereocenters. The van der Waals surface area contributed by atoms with Gasteiger partial charge in [-0.25, -0.2) is 8.42 Å². The summed E-state index contributed by atoms with van der Waals surface area (Å²) in [6, 6.07) is 4.07. The Morgan fingerprint density at radius 1 is 1.32 bits per heavy atom. The fourth-order valence-electron chi connectivity index (χ4n) is 3.24. The molecular weight excluding hydrogens is 316 g/mol. The van der Waals surface area contributed by atoms with Gasteiger partial charge in [0.2, 0.25) is 0 Å². The van der Waals surface area contributed by atoms with Gasteiger partial charge < -0.3 is 5.32 Å². The van der Waals surface area contributed by atoms with E-state index >= 15 is 0 Å². The van der Waals surface area contributed by atoms with Gasteiger partial charge in [0.1, 0.15) is 4.21 Å². The molecule has 0 unspecified atom stereocenters. The van der Waals surface area contributed by atoms with Crippen LogP contribution in [0.5, 0.6) is 0 Å². The molecule has 0 amide bonds. The first-order valence-corrected chi connectivity index (χ1v) is 10.5. The van der Waals surface area contributed by atoms with Crippen LogP contribution in [-0.2, 0) is 10.0 Å². The van der Waals surface area contributed by atoms with E-state index in [-0.39, 0.29) is 6.04 Å². The summed E-state index contributed by atoms with van der Waals surface area (Å²) in [7, 11) is -1.65. The van der Waals surface area contributed by atoms with E-state index in [1.54, 1.807) is 19.2 Å². The van der Waals surface area contributed by atoms with Gasteiger partial charge in [-0.1, -0.05) is 39.2 Å². The van der Waals surface area contributed by atoms with E-state index in [0.29, 0.717) is 22.7 Å². The molecule has 22 heavy (non-hydrogen) atoms. The van der Waals surface area contributed by atoms with Crippen LogP contribution >= 0.6 is 11.3 Å². The number of sulfonamides is 1. The van der Waals surface area contributed by atoms with E-state index in [2.05, 4.69) is 19.2 Å². The molecule has 0 saturated heterocycles. The topological polar surface area (TPSA) is 49.4 Å². The van der Waals surface area contributed by atoms with E-state index in [0.717, 1.165) is 0 Å². The highest BCUT2D eigenvalue weighted by molar-refractivity contribution is 7.91. The highest BCUT2D eigenvalue weighted by atomic mass is 32.2. The van der Waals surface area contributed by atoms with Crippen LogP contribution in [0.4, 0.5) is 0 Å². The molecule has 4 nitrogen and oxygen atoms in total. The summed E-state index contributed by atoms with van der Waals surface area (Å²) in [4.78, 5) is 0. The molecule has 0 bridgehead atoms. The maximum atomic E-state index is 12.6. The standard InChI is InChI=1S/C16H28N2O2S2/c1-13(2)17-15(14-8-5-4-6-9-14)12-18(3)22(19,20)16-10-7-11-21-16/h7,10-11,13-15,17H,4-6,8-9,12H2,1-3H3/t15-/m1/s1. The fraction of sp³-hybridized carbons (Fsp3) is 0.750. The molecule has 1 aromatic rings. The van der Waals surface area contributed by atoms with E-state index in [9.17, 15) is 8.42 Å². The van der Waals surface area contributed by atoms with E-state index in [1.165, 1.54) is 47.7 Å². The van der Waals surface area contributed by atoms with Gasteiger partial charge in [0.25, 0.3) is 10.0 Å². The van der Waals surface area contributed by atoms with Gasteiger partial charge in [-0.05, 0) is 30.2 Å². The third kappa shape index (κ3) is 4.54. The maximum Gasteiger partial charge on any atom is 0.252 e. The summed E-state index contributed by atoms with van der Waals surface area (Å²) >= 11 is 1.28. The van der Waals surface area contributed by atoms with Gasteiger partial charge in [-0.15, -0.1) is 11.3 Å². The van der Waals surface area contributed by atoms with Gasteiger partial charge in [-0.2, -0.15) is 4.31 Å². The molecule has 1 N–H and O–H groups in total. The monoisotopic (exact) mass is 344 g/mol. The summed E-state index contributed by atoms with van der Waals surface area (Å²) in [6.45, 7) is 4.80. The number of nitrogens with one attached hydrogen (secondary N) is 1. The van der Waals surface area contributed by atoms with Crippen molar-refractivity contribution in [3.8, 4) is 0 Å². The van der Waals surface area contributed by atoms with Crippen LogP contribution < -0.4 is 5.32 Å². The minimum Gasteiger partial charge on any atom is -0.310 e. The second-order valence-corrected chi connectivity index (χ2v) is 9.76. The zero-order valence-electron chi connectivity index (χ0n) is 13.8. The van der Waals surface area contributed by atoms with Crippen molar-refractivity contribution < 1.29 is 8.42 Å². The highest BCUT2D eigenvalue weighted by Crippen LogP contribution is 2.28. The minimum atomic E-state index is -3.35. The van der Waals surface area contributed by atoms with Crippen molar-refractivity contribution in [2.24, 2.45) is 5.92 Å². The average molecular weight is 345 g/mol. The van der Waals surface area contributed by atoms with Crippen LogP contribution in [-0.4, -0.2) is 38.4 Å². The van der Waals surface area contributed by atoms with Crippen LogP contribution in [0.1, 0.15) is 46.0 Å². The van der Waals surface area contributed by atoms with E-state index in [4.69, 9.17) is 0 Å². The number of hydrogen-bond acceptors (Lipinski definition) is 4. The molecule has 2 rings (SSSR count). The molecule has 1 aromatic heterocycles. The van der Waals surface area contributed by atoms with Crippen LogP contribution in [0.15, 0.2) is 21.7 Å². The zero-order chi connectivity index (χ0) is 16.2. The first-order valence-electron chi connectivity index (χ1n) is 8.17. The predicted molar refractivity (Wildman–Crippen MR) is 92.8 cm³/mol. The van der Waals surface area contributed by atoms with Gasteiger partial charge >= 0.3 is 0 Å². The molecular formula is C16H28N2O2S2. The number of hydrogen-bond donors (Lipinski definition) is 1. The summed E-state index contributed by atoms with van der Waals surface area (Å²) in [5.74, 6) is 0.581. The molecule has 1 heterocycles. The Morgan fingerprint density at radius 3 is 2.55 bits per heavy atom. The molecule has 1 fully saturated rings. The molecule has 0 aromatic carbocycles. The highest BCUT2D eigenvalue weighted by Gasteiger charge is 2.29. The lowest BCUT2D eigenvalue weighted by Gasteiger charge is -2.34. The Morgan fingerprint density at radius 2 is 2.00 bits per heavy atom. The van der Waals surface area contributed by atoms with Gasteiger partial charge in [0.15, 0.2) is 0 Å². The molecule has 0 aliphatic heterocycles. The Hall–Kier alpha value is -0.430. The molecule has 0 radical (unpaired) electrons. The summed E-state index contributed by atoms with van der Waals surface area (Å²) < 4.78 is 27.2. The van der Waals surface area contributed by atoms with E-state index < -0.39 is 10.0 Å². The van der Waals surface area contributed by atoms with Gasteiger partial charge in [0.05, 0.1) is 0 Å². The first kappa shape index (κ1) is 17.9. The Labute approximate surface area is 139 Å². The van der Waals surface area contributed by atoms with Crippen molar-refractivity contribution in [1.29, 1.82) is 0 Å². The van der Waals surface area contributed by atoms with Crippen molar-refractivity contribution >= 4 is 21.4 Å². The normalized spacial score (nSPS) is 19.0. The first-order chi connectivity index (χ1) is 10.4. The molecule has 1 aliphatic carbocycles. The smallest absolute Gasteiger partial charge is 0.252 e. The van der Waals surface area contributed by atoms with Gasteiger partial charge in [-0.3, -0.25) is 0 Å². The Bertz CT molecular complexity index is 535. The quantitative estimate of drug-likeness (QED) is 0.825. The van der Waals surface area contributed by atoms with Crippen molar-refractivity contribution in [3.05, 3.63) is 17.5 Å². The lowest BCUT2D eigenvalue weighted by Crippen LogP contribution is -2.48. The second kappa shape index (κ2) is 7.90. The maximum absolute atomic E-state index is 12.6. The summed E-state index contributed by atoms with van der Waals surface area (Å²) in [6.07, 6.45) is 6.26.